The molecule has 3 aromatic rings. The van der Waals surface area contributed by atoms with Crippen molar-refractivity contribution in [1.29, 1.82) is 0 Å². The molecule has 8 nitrogen and oxygen atoms in total. The minimum atomic E-state index is -0.998. The van der Waals surface area contributed by atoms with E-state index in [-0.39, 0.29) is 11.6 Å². The van der Waals surface area contributed by atoms with Gasteiger partial charge in [-0.3, -0.25) is 24.5 Å². The van der Waals surface area contributed by atoms with Crippen LogP contribution in [-0.2, 0) is 20.8 Å². The molecule has 2 fully saturated rings. The molecule has 172 valence electrons. The quantitative estimate of drug-likeness (QED) is 0.267. The monoisotopic (exact) mass is 521 g/mol. The van der Waals surface area contributed by atoms with Crippen LogP contribution in [0.1, 0.15) is 24.1 Å². The fraction of sp³-hybridized carbons (Fsp3) is 0.200. The average molecular weight is 522 g/mol. The van der Waals surface area contributed by atoms with Gasteiger partial charge in [-0.1, -0.05) is 47.1 Å². The molecule has 0 aromatic heterocycles. The van der Waals surface area contributed by atoms with E-state index in [9.17, 15) is 19.7 Å². The number of rotatable bonds is 5. The van der Waals surface area contributed by atoms with Gasteiger partial charge in [-0.05, 0) is 53.9 Å². The number of hydroxylamine groups is 1. The Morgan fingerprint density at radius 3 is 2.12 bits per heavy atom. The highest BCUT2D eigenvalue weighted by molar-refractivity contribution is 9.10. The number of nitro benzene ring substituents is 1. The Morgan fingerprint density at radius 1 is 0.912 bits per heavy atom. The summed E-state index contributed by atoms with van der Waals surface area (Å²) in [6, 6.07) is 20.1. The van der Waals surface area contributed by atoms with Gasteiger partial charge in [0.15, 0.2) is 6.10 Å². The van der Waals surface area contributed by atoms with E-state index in [1.165, 1.54) is 22.1 Å². The maximum atomic E-state index is 13.6. The largest absolute Gasteiger partial charge is 0.273 e. The third-order valence-corrected chi connectivity index (χ3v) is 6.77. The van der Waals surface area contributed by atoms with Crippen LogP contribution in [0, 0.1) is 16.0 Å². The van der Waals surface area contributed by atoms with Gasteiger partial charge in [0.1, 0.15) is 5.92 Å². The highest BCUT2D eigenvalue weighted by Gasteiger charge is 2.60. The molecule has 3 aromatic carbocycles. The molecule has 0 saturated carbocycles. The lowest BCUT2D eigenvalue weighted by Crippen LogP contribution is -2.37. The number of hydrogen-bond acceptors (Lipinski definition) is 6. The van der Waals surface area contributed by atoms with E-state index in [1.807, 2.05) is 24.3 Å². The Balaban J connectivity index is 1.56. The van der Waals surface area contributed by atoms with Gasteiger partial charge in [0.25, 0.3) is 11.6 Å². The SMILES string of the molecule is CCc1ccc([C@H]2[C@H]3C(=O)N(c4ccc(Br)cc4)C(=O)[C@H]3ON2c2ccc([N+](=O)[O-])cc2)cc1. The first-order chi connectivity index (χ1) is 16.4. The van der Waals surface area contributed by atoms with Gasteiger partial charge in [0, 0.05) is 16.6 Å². The molecule has 2 saturated heterocycles. The molecule has 9 heteroatoms. The Bertz CT molecular complexity index is 1260. The van der Waals surface area contributed by atoms with Gasteiger partial charge in [-0.25, -0.2) is 9.96 Å². The molecule has 0 N–H and O–H groups in total. The molecule has 0 bridgehead atoms. The summed E-state index contributed by atoms with van der Waals surface area (Å²) in [5.74, 6) is -1.54. The molecule has 34 heavy (non-hydrogen) atoms. The molecular weight excluding hydrogens is 502 g/mol. The number of nitrogens with zero attached hydrogens (tertiary/aromatic N) is 3. The Kier molecular flexibility index (Phi) is 5.66. The van der Waals surface area contributed by atoms with Crippen LogP contribution in [0.3, 0.4) is 0 Å². The van der Waals surface area contributed by atoms with Gasteiger partial charge in [0.05, 0.1) is 22.3 Å². The first-order valence-electron chi connectivity index (χ1n) is 10.8. The zero-order valence-corrected chi connectivity index (χ0v) is 19.7. The van der Waals surface area contributed by atoms with E-state index in [2.05, 4.69) is 22.9 Å². The molecule has 2 aliphatic heterocycles. The lowest BCUT2D eigenvalue weighted by atomic mass is 9.90. The molecule has 2 aliphatic rings. The third-order valence-electron chi connectivity index (χ3n) is 6.24. The van der Waals surface area contributed by atoms with Gasteiger partial charge in [-0.2, -0.15) is 0 Å². The maximum Gasteiger partial charge on any atom is 0.269 e. The number of imide groups is 1. The summed E-state index contributed by atoms with van der Waals surface area (Å²) in [4.78, 5) is 44.8. The number of aryl methyl sites for hydroxylation is 1. The van der Waals surface area contributed by atoms with E-state index in [1.54, 1.807) is 36.4 Å². The van der Waals surface area contributed by atoms with Crippen LogP contribution in [0.5, 0.6) is 0 Å². The minimum Gasteiger partial charge on any atom is -0.273 e. The van der Waals surface area contributed by atoms with Crippen LogP contribution in [0.25, 0.3) is 0 Å². The van der Waals surface area contributed by atoms with Gasteiger partial charge < -0.3 is 0 Å². The van der Waals surface area contributed by atoms with Crippen molar-refractivity contribution in [3.63, 3.8) is 0 Å². The summed E-state index contributed by atoms with van der Waals surface area (Å²) >= 11 is 3.37. The highest BCUT2D eigenvalue weighted by atomic mass is 79.9. The van der Waals surface area contributed by atoms with Crippen LogP contribution in [-0.4, -0.2) is 22.8 Å². The number of benzene rings is 3. The number of carbonyl (C=O) groups excluding carboxylic acids is 2. The van der Waals surface area contributed by atoms with Crippen molar-refractivity contribution in [2.45, 2.75) is 25.5 Å². The number of carbonyl (C=O) groups is 2. The van der Waals surface area contributed by atoms with Crippen LogP contribution in [0.4, 0.5) is 17.1 Å². The minimum absolute atomic E-state index is 0.0550. The van der Waals surface area contributed by atoms with E-state index in [4.69, 9.17) is 4.84 Å². The fourth-order valence-electron chi connectivity index (χ4n) is 4.49. The lowest BCUT2D eigenvalue weighted by Gasteiger charge is -2.28. The molecule has 3 atom stereocenters. The van der Waals surface area contributed by atoms with Crippen molar-refractivity contribution >= 4 is 44.8 Å². The number of amides is 2. The number of anilines is 2. The van der Waals surface area contributed by atoms with Crippen molar-refractivity contribution in [2.75, 3.05) is 9.96 Å². The van der Waals surface area contributed by atoms with Crippen molar-refractivity contribution in [2.24, 2.45) is 5.92 Å². The van der Waals surface area contributed by atoms with Gasteiger partial charge >= 0.3 is 0 Å². The normalized spacial score (nSPS) is 21.8. The number of hydrogen-bond donors (Lipinski definition) is 0. The number of nitro groups is 1. The van der Waals surface area contributed by atoms with E-state index in [0.717, 1.165) is 22.0 Å². The number of halogens is 1. The predicted molar refractivity (Wildman–Crippen MR) is 129 cm³/mol. The molecule has 0 spiro atoms. The van der Waals surface area contributed by atoms with Gasteiger partial charge in [-0.15, -0.1) is 0 Å². The topological polar surface area (TPSA) is 93.0 Å². The fourth-order valence-corrected chi connectivity index (χ4v) is 4.76. The first kappa shape index (κ1) is 22.2. The molecule has 0 radical (unpaired) electrons. The zero-order chi connectivity index (χ0) is 24.0. The van der Waals surface area contributed by atoms with E-state index >= 15 is 0 Å². The third kappa shape index (κ3) is 3.66. The van der Waals surface area contributed by atoms with Crippen LogP contribution in [0.2, 0.25) is 0 Å². The second-order valence-electron chi connectivity index (χ2n) is 8.18. The average Bonchev–Trinajstić information content (AvgIpc) is 3.36. The van der Waals surface area contributed by atoms with Crippen molar-refractivity contribution in [1.82, 2.24) is 0 Å². The Labute approximate surface area is 204 Å². The van der Waals surface area contributed by atoms with E-state index < -0.39 is 28.9 Å². The van der Waals surface area contributed by atoms with Crippen molar-refractivity contribution in [3.8, 4) is 0 Å². The van der Waals surface area contributed by atoms with Crippen molar-refractivity contribution < 1.29 is 19.3 Å². The molecule has 2 heterocycles. The summed E-state index contributed by atoms with van der Waals surface area (Å²) in [6.45, 7) is 2.06. The van der Waals surface area contributed by atoms with Crippen LogP contribution >= 0.6 is 15.9 Å². The zero-order valence-electron chi connectivity index (χ0n) is 18.1. The van der Waals surface area contributed by atoms with E-state index in [0.29, 0.717) is 11.4 Å². The summed E-state index contributed by atoms with van der Waals surface area (Å²) in [6.07, 6.45) is -0.129. The molecule has 5 rings (SSSR count). The molecule has 0 unspecified atom stereocenters. The Morgan fingerprint density at radius 2 is 1.53 bits per heavy atom. The smallest absolute Gasteiger partial charge is 0.269 e. The summed E-state index contributed by atoms with van der Waals surface area (Å²) in [5, 5.41) is 12.6. The second kappa shape index (κ2) is 8.66. The maximum absolute atomic E-state index is 13.6. The number of fused-ring (bicyclic) bond motifs is 1. The first-order valence-corrected chi connectivity index (χ1v) is 11.6. The Hall–Kier alpha value is -3.56. The molecule has 0 aliphatic carbocycles. The predicted octanol–water partition coefficient (Wildman–Crippen LogP) is 4.97. The number of non-ortho nitro benzene ring substituents is 1. The lowest BCUT2D eigenvalue weighted by molar-refractivity contribution is -0.384. The van der Waals surface area contributed by atoms with Crippen LogP contribution in [0.15, 0.2) is 77.3 Å². The van der Waals surface area contributed by atoms with Crippen LogP contribution < -0.4 is 9.96 Å². The summed E-state index contributed by atoms with van der Waals surface area (Å²) in [5.41, 5.74) is 2.92. The molecule has 2 amide bonds. The second-order valence-corrected chi connectivity index (χ2v) is 9.10. The summed E-state index contributed by atoms with van der Waals surface area (Å²) in [7, 11) is 0. The molecular formula is C25H20BrN3O5. The standard InChI is InChI=1S/C25H20BrN3O5/c1-2-15-3-5-16(6-4-15)22-21-23(34-28(22)19-11-13-20(14-12-19)29(32)33)25(31)27(24(21)30)18-9-7-17(26)8-10-18/h3-14,21-23H,2H2,1H3/t21-,22+,23+/m1/s1. The summed E-state index contributed by atoms with van der Waals surface area (Å²) < 4.78 is 0.838. The van der Waals surface area contributed by atoms with Crippen molar-refractivity contribution in [3.05, 3.63) is 98.5 Å². The highest BCUT2D eigenvalue weighted by Crippen LogP contribution is 2.47. The van der Waals surface area contributed by atoms with Gasteiger partial charge in [0.2, 0.25) is 5.91 Å².